The van der Waals surface area contributed by atoms with Crippen LogP contribution in [0.25, 0.3) is 11.1 Å². The number of rotatable bonds is 9. The first kappa shape index (κ1) is 27.0. The van der Waals surface area contributed by atoms with E-state index in [4.69, 9.17) is 4.74 Å². The van der Waals surface area contributed by atoms with Crippen LogP contribution < -0.4 is 9.64 Å². The van der Waals surface area contributed by atoms with Gasteiger partial charge in [-0.1, -0.05) is 95.3 Å². The van der Waals surface area contributed by atoms with E-state index in [0.717, 1.165) is 16.7 Å². The largest absolute Gasteiger partial charge is 0.495 e. The third-order valence-corrected chi connectivity index (χ3v) is 6.13. The van der Waals surface area contributed by atoms with Crippen LogP contribution >= 0.6 is 0 Å². The monoisotopic (exact) mass is 487 g/mol. The van der Waals surface area contributed by atoms with E-state index >= 15 is 0 Å². The molecule has 0 aliphatic carbocycles. The van der Waals surface area contributed by atoms with Crippen molar-refractivity contribution in [3.63, 3.8) is 0 Å². The first-order valence-corrected chi connectivity index (χ1v) is 12.4. The van der Waals surface area contributed by atoms with E-state index in [9.17, 15) is 14.7 Å². The number of methoxy groups -OCH3 is 1. The van der Waals surface area contributed by atoms with Crippen LogP contribution in [0.1, 0.15) is 51.7 Å². The highest BCUT2D eigenvalue weighted by Crippen LogP contribution is 2.36. The summed E-state index contributed by atoms with van der Waals surface area (Å²) in [6.45, 7) is 10.3. The molecule has 0 aliphatic heterocycles. The molecule has 1 N–H and O–H groups in total. The molecule has 0 bridgehead atoms. The molecule has 5 nitrogen and oxygen atoms in total. The summed E-state index contributed by atoms with van der Waals surface area (Å²) in [4.78, 5) is 27.5. The van der Waals surface area contributed by atoms with Crippen molar-refractivity contribution in [3.8, 4) is 16.9 Å². The zero-order chi connectivity index (χ0) is 26.5. The third kappa shape index (κ3) is 6.54. The number of hydrogen-bond donors (Lipinski definition) is 1. The molecule has 0 heterocycles. The first-order valence-electron chi connectivity index (χ1n) is 12.4. The van der Waals surface area contributed by atoms with Crippen molar-refractivity contribution in [1.82, 2.24) is 0 Å². The second-order valence-corrected chi connectivity index (χ2v) is 10.6. The summed E-state index contributed by atoms with van der Waals surface area (Å²) in [6, 6.07) is 23.5. The second-order valence-electron chi connectivity index (χ2n) is 10.6. The van der Waals surface area contributed by atoms with Gasteiger partial charge in [-0.2, -0.15) is 0 Å². The van der Waals surface area contributed by atoms with Gasteiger partial charge in [-0.3, -0.25) is 9.59 Å². The Morgan fingerprint density at radius 1 is 0.917 bits per heavy atom. The molecule has 0 spiro atoms. The molecule has 0 saturated carbocycles. The highest BCUT2D eigenvalue weighted by Gasteiger charge is 2.31. The molecular weight excluding hydrogens is 450 g/mol. The van der Waals surface area contributed by atoms with Crippen LogP contribution in [0.4, 0.5) is 5.69 Å². The average molecular weight is 488 g/mol. The van der Waals surface area contributed by atoms with Gasteiger partial charge in [0.05, 0.1) is 18.7 Å². The second kappa shape index (κ2) is 11.4. The quantitative estimate of drug-likeness (QED) is 0.360. The molecule has 0 saturated heterocycles. The van der Waals surface area contributed by atoms with Gasteiger partial charge in [0.2, 0.25) is 5.91 Å². The van der Waals surface area contributed by atoms with Gasteiger partial charge in [-0.25, -0.2) is 0 Å². The number of carbonyl (C=O) groups is 2. The lowest BCUT2D eigenvalue weighted by Crippen LogP contribution is -2.42. The van der Waals surface area contributed by atoms with Crippen LogP contribution in [0, 0.1) is 11.3 Å². The summed E-state index contributed by atoms with van der Waals surface area (Å²) in [7, 11) is 1.57. The van der Waals surface area contributed by atoms with E-state index in [1.807, 2.05) is 69.3 Å². The van der Waals surface area contributed by atoms with Crippen LogP contribution in [-0.2, 0) is 16.0 Å². The van der Waals surface area contributed by atoms with Crippen molar-refractivity contribution in [2.75, 3.05) is 18.6 Å². The molecule has 0 fully saturated rings. The van der Waals surface area contributed by atoms with Gasteiger partial charge >= 0.3 is 5.97 Å². The normalized spacial score (nSPS) is 12.3. The maximum atomic E-state index is 13.4. The lowest BCUT2D eigenvalue weighted by Gasteiger charge is -2.32. The predicted molar refractivity (Wildman–Crippen MR) is 146 cm³/mol. The van der Waals surface area contributed by atoms with Gasteiger partial charge in [-0.05, 0) is 46.7 Å². The number of nitrogens with zero attached hydrogens (tertiary/aromatic N) is 1. The molecule has 0 aromatic heterocycles. The summed E-state index contributed by atoms with van der Waals surface area (Å²) in [6.07, 6.45) is 0.341. The van der Waals surface area contributed by atoms with Crippen molar-refractivity contribution in [2.24, 2.45) is 11.3 Å². The molecule has 3 aromatic rings. The van der Waals surface area contributed by atoms with Gasteiger partial charge in [-0.15, -0.1) is 0 Å². The van der Waals surface area contributed by atoms with E-state index in [1.165, 1.54) is 0 Å². The van der Waals surface area contributed by atoms with Crippen LogP contribution in [0.3, 0.4) is 0 Å². The van der Waals surface area contributed by atoms with Crippen LogP contribution in [0.5, 0.6) is 5.75 Å². The van der Waals surface area contributed by atoms with Gasteiger partial charge in [0.25, 0.3) is 0 Å². The van der Waals surface area contributed by atoms with E-state index in [-0.39, 0.29) is 11.8 Å². The minimum atomic E-state index is -0.907. The number of ether oxygens (including phenoxy) is 1. The van der Waals surface area contributed by atoms with Crippen LogP contribution in [0.15, 0.2) is 72.8 Å². The number of carboxylic acids is 1. The summed E-state index contributed by atoms with van der Waals surface area (Å²) in [5, 5.41) is 10.1. The number of hydrogen-bond acceptors (Lipinski definition) is 3. The number of carboxylic acid groups (broad SMARTS) is 1. The van der Waals surface area contributed by atoms with Crippen LogP contribution in [-0.4, -0.2) is 30.6 Å². The van der Waals surface area contributed by atoms with Crippen molar-refractivity contribution < 1.29 is 19.4 Å². The van der Waals surface area contributed by atoms with Crippen molar-refractivity contribution in [3.05, 3.63) is 83.9 Å². The van der Waals surface area contributed by atoms with Gasteiger partial charge < -0.3 is 14.7 Å². The Kier molecular flexibility index (Phi) is 8.57. The molecule has 1 atom stereocenters. The zero-order valence-electron chi connectivity index (χ0n) is 22.1. The molecule has 0 aliphatic rings. The van der Waals surface area contributed by atoms with Gasteiger partial charge in [0, 0.05) is 12.0 Å². The van der Waals surface area contributed by atoms with E-state index in [2.05, 4.69) is 26.0 Å². The number of carbonyl (C=O) groups excluding carboxylic acids is 1. The fourth-order valence-electron chi connectivity index (χ4n) is 4.24. The van der Waals surface area contributed by atoms with E-state index in [0.29, 0.717) is 30.0 Å². The number of amides is 1. The SMILES string of the molecule is COc1ccc(C(Cc2ccc(-c3ccccc3)cc2)C(=O)O)cc1N(CC(C)C)C(=O)C(C)(C)C. The Bertz CT molecular complexity index is 1180. The molecule has 0 radical (unpaired) electrons. The van der Waals surface area contributed by atoms with Crippen molar-refractivity contribution in [2.45, 2.75) is 47.0 Å². The highest BCUT2D eigenvalue weighted by molar-refractivity contribution is 5.98. The maximum Gasteiger partial charge on any atom is 0.311 e. The fourth-order valence-corrected chi connectivity index (χ4v) is 4.24. The number of anilines is 1. The van der Waals surface area contributed by atoms with Gasteiger partial charge in [0.15, 0.2) is 0 Å². The van der Waals surface area contributed by atoms with E-state index < -0.39 is 17.3 Å². The standard InChI is InChI=1S/C31H37NO4/c1-21(2)20-32(30(35)31(3,4)5)27-19-25(16-17-28(27)36-6)26(29(33)34)18-22-12-14-24(15-13-22)23-10-8-7-9-11-23/h7-17,19,21,26H,18,20H2,1-6H3,(H,33,34). The Hall–Kier alpha value is -3.60. The topological polar surface area (TPSA) is 66.8 Å². The number of aliphatic carboxylic acids is 1. The summed E-state index contributed by atoms with van der Waals surface area (Å²) >= 11 is 0. The van der Waals surface area contributed by atoms with Crippen molar-refractivity contribution >= 4 is 17.6 Å². The lowest BCUT2D eigenvalue weighted by atomic mass is 9.90. The van der Waals surface area contributed by atoms with Gasteiger partial charge in [0.1, 0.15) is 5.75 Å². The van der Waals surface area contributed by atoms with Crippen LogP contribution in [0.2, 0.25) is 0 Å². The Morgan fingerprint density at radius 3 is 2.06 bits per heavy atom. The smallest absolute Gasteiger partial charge is 0.311 e. The molecule has 1 amide bonds. The predicted octanol–water partition coefficient (Wildman–Crippen LogP) is 6.81. The maximum absolute atomic E-state index is 13.4. The molecule has 190 valence electrons. The average Bonchev–Trinajstić information content (AvgIpc) is 2.85. The number of benzene rings is 3. The fraction of sp³-hybridized carbons (Fsp3) is 0.355. The summed E-state index contributed by atoms with van der Waals surface area (Å²) in [5.41, 5.74) is 3.79. The molecule has 3 aromatic carbocycles. The zero-order valence-corrected chi connectivity index (χ0v) is 22.1. The molecular formula is C31H37NO4. The molecule has 3 rings (SSSR count). The summed E-state index contributed by atoms with van der Waals surface area (Å²) < 4.78 is 5.60. The molecule has 36 heavy (non-hydrogen) atoms. The first-order chi connectivity index (χ1) is 17.0. The highest BCUT2D eigenvalue weighted by atomic mass is 16.5. The van der Waals surface area contributed by atoms with Crippen molar-refractivity contribution in [1.29, 1.82) is 0 Å². The Balaban J connectivity index is 1.97. The molecule has 1 unspecified atom stereocenters. The third-order valence-electron chi connectivity index (χ3n) is 6.13. The minimum absolute atomic E-state index is 0.0324. The Labute approximate surface area is 214 Å². The van der Waals surface area contributed by atoms with E-state index in [1.54, 1.807) is 24.1 Å². The summed E-state index contributed by atoms with van der Waals surface area (Å²) in [5.74, 6) is -0.926. The Morgan fingerprint density at radius 2 is 1.53 bits per heavy atom. The minimum Gasteiger partial charge on any atom is -0.495 e. The lowest BCUT2D eigenvalue weighted by molar-refractivity contribution is -0.138. The molecule has 5 heteroatoms.